The first-order valence-corrected chi connectivity index (χ1v) is 3.78. The Labute approximate surface area is 66.6 Å². The molecule has 2 rings (SSSR count). The summed E-state index contributed by atoms with van der Waals surface area (Å²) < 4.78 is 3.61. The molecule has 2 heterocycles. The standard InChI is InChI=1S/C5H5N5S/c1-2-4(6-3-1)7-5-8-9-10-11-5/h1-3,6H,(H,7,8,10). The molecule has 0 saturated heterocycles. The van der Waals surface area contributed by atoms with Crippen molar-refractivity contribution in [1.82, 2.24) is 19.8 Å². The molecule has 0 fully saturated rings. The van der Waals surface area contributed by atoms with Crippen molar-refractivity contribution in [3.63, 3.8) is 0 Å². The number of nitrogens with one attached hydrogen (secondary N) is 2. The first kappa shape index (κ1) is 6.29. The SMILES string of the molecule is c1c[nH]c(Nc2nnns2)c1. The number of rotatable bonds is 2. The molecular formula is C5H5N5S. The van der Waals surface area contributed by atoms with Crippen LogP contribution in [0.2, 0.25) is 0 Å². The van der Waals surface area contributed by atoms with Crippen LogP contribution in [0.1, 0.15) is 0 Å². The zero-order valence-electron chi connectivity index (χ0n) is 5.48. The number of aromatic nitrogens is 4. The summed E-state index contributed by atoms with van der Waals surface area (Å²) in [5.41, 5.74) is 0. The molecule has 0 amide bonds. The Balaban J connectivity index is 2.14. The van der Waals surface area contributed by atoms with Gasteiger partial charge in [0.2, 0.25) is 5.13 Å². The van der Waals surface area contributed by atoms with Gasteiger partial charge in [0.15, 0.2) is 0 Å². The Morgan fingerprint density at radius 3 is 3.18 bits per heavy atom. The third kappa shape index (κ3) is 1.35. The minimum absolute atomic E-state index is 0.687. The van der Waals surface area contributed by atoms with Crippen LogP contribution in [0.25, 0.3) is 0 Å². The maximum Gasteiger partial charge on any atom is 0.230 e. The maximum atomic E-state index is 3.72. The number of H-pyrrole nitrogens is 1. The Hall–Kier alpha value is -1.43. The van der Waals surface area contributed by atoms with E-state index in [0.29, 0.717) is 5.13 Å². The lowest BCUT2D eigenvalue weighted by Crippen LogP contribution is -1.88. The average molecular weight is 167 g/mol. The van der Waals surface area contributed by atoms with Crippen LogP contribution in [0, 0.1) is 0 Å². The van der Waals surface area contributed by atoms with Gasteiger partial charge in [-0.1, -0.05) is 9.59 Å². The fraction of sp³-hybridized carbons (Fsp3) is 0. The molecule has 0 aliphatic rings. The van der Waals surface area contributed by atoms with E-state index >= 15 is 0 Å². The van der Waals surface area contributed by atoms with E-state index in [1.807, 2.05) is 18.3 Å². The highest BCUT2D eigenvalue weighted by Gasteiger charge is 1.96. The lowest BCUT2D eigenvalue weighted by Gasteiger charge is -1.93. The molecule has 0 atom stereocenters. The molecule has 0 aliphatic heterocycles. The number of hydrogen-bond donors (Lipinski definition) is 2. The van der Waals surface area contributed by atoms with Crippen molar-refractivity contribution < 1.29 is 0 Å². The van der Waals surface area contributed by atoms with Crippen LogP contribution in [-0.2, 0) is 0 Å². The largest absolute Gasteiger partial charge is 0.348 e. The van der Waals surface area contributed by atoms with Crippen LogP contribution >= 0.6 is 11.5 Å². The summed E-state index contributed by atoms with van der Waals surface area (Å²) >= 11 is 1.22. The molecule has 0 spiro atoms. The van der Waals surface area contributed by atoms with Crippen molar-refractivity contribution in [2.24, 2.45) is 0 Å². The van der Waals surface area contributed by atoms with Gasteiger partial charge in [-0.2, -0.15) is 0 Å². The highest BCUT2D eigenvalue weighted by molar-refractivity contribution is 7.09. The average Bonchev–Trinajstić information content (AvgIpc) is 2.60. The molecule has 6 heteroatoms. The zero-order valence-corrected chi connectivity index (χ0v) is 6.30. The predicted octanol–water partition coefficient (Wildman–Crippen LogP) is 1.00. The van der Waals surface area contributed by atoms with Crippen molar-refractivity contribution in [3.8, 4) is 0 Å². The van der Waals surface area contributed by atoms with Gasteiger partial charge in [0.05, 0.1) is 0 Å². The molecule has 11 heavy (non-hydrogen) atoms. The lowest BCUT2D eigenvalue weighted by molar-refractivity contribution is 0.961. The topological polar surface area (TPSA) is 66.5 Å². The summed E-state index contributed by atoms with van der Waals surface area (Å²) in [4.78, 5) is 2.98. The van der Waals surface area contributed by atoms with E-state index in [4.69, 9.17) is 0 Å². The molecule has 2 aromatic rings. The molecule has 0 saturated carbocycles. The fourth-order valence-electron chi connectivity index (χ4n) is 0.705. The van der Waals surface area contributed by atoms with Gasteiger partial charge in [-0.3, -0.25) is 0 Å². The van der Waals surface area contributed by atoms with Crippen LogP contribution in [0.3, 0.4) is 0 Å². The molecule has 0 radical (unpaired) electrons. The second kappa shape index (κ2) is 2.67. The Morgan fingerprint density at radius 2 is 2.55 bits per heavy atom. The van der Waals surface area contributed by atoms with E-state index in [2.05, 4.69) is 25.1 Å². The minimum Gasteiger partial charge on any atom is -0.348 e. The van der Waals surface area contributed by atoms with E-state index < -0.39 is 0 Å². The Morgan fingerprint density at radius 1 is 1.55 bits per heavy atom. The molecular weight excluding hydrogens is 162 g/mol. The van der Waals surface area contributed by atoms with E-state index in [9.17, 15) is 0 Å². The van der Waals surface area contributed by atoms with E-state index in [-0.39, 0.29) is 0 Å². The van der Waals surface area contributed by atoms with Gasteiger partial charge < -0.3 is 10.3 Å². The van der Waals surface area contributed by atoms with Crippen LogP contribution in [0.15, 0.2) is 18.3 Å². The monoisotopic (exact) mass is 167 g/mol. The van der Waals surface area contributed by atoms with Crippen LogP contribution < -0.4 is 5.32 Å². The van der Waals surface area contributed by atoms with Crippen LogP contribution in [0.4, 0.5) is 10.9 Å². The first-order valence-electron chi connectivity index (χ1n) is 3.00. The van der Waals surface area contributed by atoms with Gasteiger partial charge >= 0.3 is 0 Å². The lowest BCUT2D eigenvalue weighted by atomic mass is 10.6. The molecule has 56 valence electrons. The van der Waals surface area contributed by atoms with Crippen molar-refractivity contribution in [2.45, 2.75) is 0 Å². The molecule has 2 aromatic heterocycles. The smallest absolute Gasteiger partial charge is 0.230 e. The summed E-state index contributed by atoms with van der Waals surface area (Å²) in [6.45, 7) is 0. The van der Waals surface area contributed by atoms with Gasteiger partial charge in [-0.05, 0) is 17.3 Å². The summed E-state index contributed by atoms with van der Waals surface area (Å²) in [6, 6.07) is 3.80. The number of aromatic amines is 1. The number of nitrogens with zero attached hydrogens (tertiary/aromatic N) is 3. The maximum absolute atomic E-state index is 3.72. The van der Waals surface area contributed by atoms with Gasteiger partial charge in [0.25, 0.3) is 0 Å². The first-order chi connectivity index (χ1) is 5.45. The van der Waals surface area contributed by atoms with Crippen LogP contribution in [0.5, 0.6) is 0 Å². The summed E-state index contributed by atoms with van der Waals surface area (Å²) in [5, 5.41) is 10.8. The van der Waals surface area contributed by atoms with E-state index in [0.717, 1.165) is 5.82 Å². The van der Waals surface area contributed by atoms with Crippen molar-refractivity contribution in [2.75, 3.05) is 5.32 Å². The summed E-state index contributed by atoms with van der Waals surface area (Å²) in [5.74, 6) is 0.892. The van der Waals surface area contributed by atoms with Crippen LogP contribution in [-0.4, -0.2) is 19.8 Å². The second-order valence-corrected chi connectivity index (χ2v) is 2.61. The Kier molecular flexibility index (Phi) is 1.53. The van der Waals surface area contributed by atoms with Crippen molar-refractivity contribution in [1.29, 1.82) is 0 Å². The second-order valence-electron chi connectivity index (χ2n) is 1.88. The quantitative estimate of drug-likeness (QED) is 0.700. The molecule has 0 bridgehead atoms. The van der Waals surface area contributed by atoms with Gasteiger partial charge in [0, 0.05) is 17.7 Å². The molecule has 0 aromatic carbocycles. The fourth-order valence-corrected chi connectivity index (χ4v) is 1.08. The van der Waals surface area contributed by atoms with Gasteiger partial charge in [-0.15, -0.1) is 0 Å². The third-order valence-electron chi connectivity index (χ3n) is 1.14. The van der Waals surface area contributed by atoms with Gasteiger partial charge in [0.1, 0.15) is 5.82 Å². The highest BCUT2D eigenvalue weighted by Crippen LogP contribution is 2.12. The van der Waals surface area contributed by atoms with E-state index in [1.165, 1.54) is 11.5 Å². The highest BCUT2D eigenvalue weighted by atomic mass is 32.1. The van der Waals surface area contributed by atoms with Crippen molar-refractivity contribution in [3.05, 3.63) is 18.3 Å². The zero-order chi connectivity index (χ0) is 7.52. The molecule has 0 aliphatic carbocycles. The normalized spacial score (nSPS) is 9.82. The van der Waals surface area contributed by atoms with Gasteiger partial charge in [-0.25, -0.2) is 0 Å². The van der Waals surface area contributed by atoms with Crippen molar-refractivity contribution >= 4 is 22.5 Å². The Bertz CT molecular complexity index is 267. The number of anilines is 2. The van der Waals surface area contributed by atoms with E-state index in [1.54, 1.807) is 0 Å². The molecule has 5 nitrogen and oxygen atoms in total. The third-order valence-corrected chi connectivity index (χ3v) is 1.65. The summed E-state index contributed by atoms with van der Waals surface area (Å²) in [7, 11) is 0. The number of hydrogen-bond acceptors (Lipinski definition) is 5. The molecule has 0 unspecified atom stereocenters. The molecule has 2 N–H and O–H groups in total. The minimum atomic E-state index is 0.687. The summed E-state index contributed by atoms with van der Waals surface area (Å²) in [6.07, 6.45) is 1.83. The predicted molar refractivity (Wildman–Crippen MR) is 41.8 cm³/mol.